The number of halogens is 1. The summed E-state index contributed by atoms with van der Waals surface area (Å²) in [6, 6.07) is 16.7. The Hall–Kier alpha value is -3.16. The van der Waals surface area contributed by atoms with Crippen LogP contribution in [0.15, 0.2) is 54.6 Å². The van der Waals surface area contributed by atoms with Crippen molar-refractivity contribution < 1.29 is 9.59 Å². The van der Waals surface area contributed by atoms with Gasteiger partial charge in [-0.25, -0.2) is 0 Å². The number of H-pyrrole nitrogens is 1. The summed E-state index contributed by atoms with van der Waals surface area (Å²) < 4.78 is 0. The van der Waals surface area contributed by atoms with Gasteiger partial charge in [-0.05, 0) is 57.8 Å². The van der Waals surface area contributed by atoms with E-state index in [1.807, 2.05) is 75.3 Å². The monoisotopic (exact) mass is 479 g/mol. The molecule has 0 radical (unpaired) electrons. The molecule has 0 saturated carbocycles. The summed E-state index contributed by atoms with van der Waals surface area (Å²) in [6.07, 6.45) is 0.368. The van der Waals surface area contributed by atoms with Gasteiger partial charge in [0.25, 0.3) is 5.91 Å². The van der Waals surface area contributed by atoms with E-state index in [0.717, 1.165) is 23.4 Å². The third-order valence-corrected chi connectivity index (χ3v) is 6.64. The van der Waals surface area contributed by atoms with Crippen LogP contribution in [0.5, 0.6) is 0 Å². The van der Waals surface area contributed by atoms with E-state index in [9.17, 15) is 9.59 Å². The average Bonchev–Trinajstić information content (AvgIpc) is 3.32. The Morgan fingerprint density at radius 1 is 1.15 bits per heavy atom. The molecule has 1 atom stereocenters. The molecule has 1 aromatic heterocycles. The Kier molecular flexibility index (Phi) is 6.77. The van der Waals surface area contributed by atoms with Crippen molar-refractivity contribution in [1.29, 1.82) is 0 Å². The molecule has 1 aliphatic rings. The van der Waals surface area contributed by atoms with Gasteiger partial charge in [-0.2, -0.15) is 5.10 Å². The number of carbonyl (C=O) groups is 2. The van der Waals surface area contributed by atoms with E-state index in [1.165, 1.54) is 0 Å². The number of likely N-dealkylation sites (N-methyl/N-ethyl adjacent to an activating group) is 1. The van der Waals surface area contributed by atoms with Crippen molar-refractivity contribution in [3.8, 4) is 0 Å². The summed E-state index contributed by atoms with van der Waals surface area (Å²) >= 11 is 6.07. The Labute approximate surface area is 205 Å². The van der Waals surface area contributed by atoms with E-state index in [-0.39, 0.29) is 17.7 Å². The number of benzene rings is 2. The molecule has 0 saturated heterocycles. The number of nitrogens with one attached hydrogen (secondary N) is 2. The molecule has 1 aliphatic heterocycles. The molecule has 1 unspecified atom stereocenters. The molecule has 0 bridgehead atoms. The number of hydrogen-bond acceptors (Lipinski definition) is 4. The van der Waals surface area contributed by atoms with Gasteiger partial charge in [-0.3, -0.25) is 14.7 Å². The van der Waals surface area contributed by atoms with Crippen molar-refractivity contribution in [3.05, 3.63) is 82.0 Å². The third-order valence-electron chi connectivity index (χ3n) is 6.39. The summed E-state index contributed by atoms with van der Waals surface area (Å²) in [5.74, 6) is 0.322. The molecule has 8 heteroatoms. The van der Waals surface area contributed by atoms with Crippen LogP contribution in [0.2, 0.25) is 5.02 Å². The van der Waals surface area contributed by atoms with Crippen LogP contribution in [0, 0.1) is 0 Å². The van der Waals surface area contributed by atoms with Crippen molar-refractivity contribution in [2.45, 2.75) is 38.3 Å². The molecule has 178 valence electrons. The molecule has 2 N–H and O–H groups in total. The fourth-order valence-corrected chi connectivity index (χ4v) is 4.70. The Balaban J connectivity index is 1.53. The second kappa shape index (κ2) is 9.60. The second-order valence-electron chi connectivity index (χ2n) is 9.50. The Morgan fingerprint density at radius 2 is 1.82 bits per heavy atom. The molecule has 34 heavy (non-hydrogen) atoms. The standard InChI is InChI=1S/C26H30ClN5O2/c1-26(2)23-21(24(30-29-23)28-25(34)18-8-6-5-7-9-18)16-32(26)22(33)14-19(15-31(3)4)17-10-12-20(27)13-11-17/h5-13,19H,14-16H2,1-4H3,(H2,28,29,30,34). The Bertz CT molecular complexity index is 1170. The zero-order chi connectivity index (χ0) is 24.5. The number of anilines is 1. The van der Waals surface area contributed by atoms with Gasteiger partial charge < -0.3 is 15.1 Å². The second-order valence-corrected chi connectivity index (χ2v) is 9.94. The smallest absolute Gasteiger partial charge is 0.256 e. The van der Waals surface area contributed by atoms with E-state index in [2.05, 4.69) is 20.4 Å². The molecule has 0 aliphatic carbocycles. The quantitative estimate of drug-likeness (QED) is 0.517. The van der Waals surface area contributed by atoms with Crippen LogP contribution < -0.4 is 5.32 Å². The third kappa shape index (κ3) is 4.86. The van der Waals surface area contributed by atoms with E-state index in [0.29, 0.717) is 29.4 Å². The summed E-state index contributed by atoms with van der Waals surface area (Å²) in [4.78, 5) is 30.2. The van der Waals surface area contributed by atoms with Crippen LogP contribution in [0.3, 0.4) is 0 Å². The number of amides is 2. The minimum Gasteiger partial charge on any atom is -0.327 e. The van der Waals surface area contributed by atoms with Gasteiger partial charge in [0.2, 0.25) is 5.91 Å². The lowest BCUT2D eigenvalue weighted by molar-refractivity contribution is -0.137. The topological polar surface area (TPSA) is 81.3 Å². The number of hydrogen-bond donors (Lipinski definition) is 2. The lowest BCUT2D eigenvalue weighted by Crippen LogP contribution is -2.41. The maximum atomic E-state index is 13.6. The van der Waals surface area contributed by atoms with Crippen molar-refractivity contribution >= 4 is 29.2 Å². The molecule has 2 amide bonds. The molecule has 7 nitrogen and oxygen atoms in total. The Morgan fingerprint density at radius 3 is 2.47 bits per heavy atom. The zero-order valence-corrected chi connectivity index (χ0v) is 20.7. The number of nitrogens with zero attached hydrogens (tertiary/aromatic N) is 3. The summed E-state index contributed by atoms with van der Waals surface area (Å²) in [7, 11) is 4.01. The number of aromatic nitrogens is 2. The van der Waals surface area contributed by atoms with Crippen LogP contribution in [0.1, 0.15) is 53.4 Å². The van der Waals surface area contributed by atoms with Gasteiger partial charge in [0, 0.05) is 35.0 Å². The van der Waals surface area contributed by atoms with Gasteiger partial charge in [-0.15, -0.1) is 0 Å². The molecule has 2 heterocycles. The summed E-state index contributed by atoms with van der Waals surface area (Å²) in [6.45, 7) is 5.13. The van der Waals surface area contributed by atoms with E-state index in [4.69, 9.17) is 11.6 Å². The highest BCUT2D eigenvalue weighted by Gasteiger charge is 2.44. The first-order chi connectivity index (χ1) is 16.2. The van der Waals surface area contributed by atoms with Gasteiger partial charge in [0.1, 0.15) is 0 Å². The van der Waals surface area contributed by atoms with Crippen LogP contribution in [-0.2, 0) is 16.9 Å². The number of fused-ring (bicyclic) bond motifs is 1. The van der Waals surface area contributed by atoms with E-state index < -0.39 is 5.54 Å². The minimum atomic E-state index is -0.572. The fraction of sp³-hybridized carbons (Fsp3) is 0.346. The normalized spacial score (nSPS) is 15.3. The van der Waals surface area contributed by atoms with Crippen LogP contribution >= 0.6 is 11.6 Å². The maximum absolute atomic E-state index is 13.6. The van der Waals surface area contributed by atoms with Crippen molar-refractivity contribution in [3.63, 3.8) is 0 Å². The predicted octanol–water partition coefficient (Wildman–Crippen LogP) is 4.63. The highest BCUT2D eigenvalue weighted by Crippen LogP contribution is 2.41. The van der Waals surface area contributed by atoms with Crippen LogP contribution in [-0.4, -0.2) is 52.5 Å². The van der Waals surface area contributed by atoms with Gasteiger partial charge in [0.05, 0.1) is 17.8 Å². The molecular weight excluding hydrogens is 450 g/mol. The summed E-state index contributed by atoms with van der Waals surface area (Å²) in [5, 5.41) is 11.0. The minimum absolute atomic E-state index is 0.0323. The number of carbonyl (C=O) groups excluding carboxylic acids is 2. The van der Waals surface area contributed by atoms with Gasteiger partial charge >= 0.3 is 0 Å². The lowest BCUT2D eigenvalue weighted by atomic mass is 9.93. The first-order valence-corrected chi connectivity index (χ1v) is 11.7. The number of rotatable bonds is 7. The maximum Gasteiger partial charge on any atom is 0.256 e. The molecule has 3 aromatic rings. The van der Waals surface area contributed by atoms with E-state index in [1.54, 1.807) is 12.1 Å². The predicted molar refractivity (Wildman–Crippen MR) is 134 cm³/mol. The van der Waals surface area contributed by atoms with Gasteiger partial charge in [-0.1, -0.05) is 41.9 Å². The largest absolute Gasteiger partial charge is 0.327 e. The average molecular weight is 480 g/mol. The van der Waals surface area contributed by atoms with Crippen molar-refractivity contribution in [1.82, 2.24) is 20.0 Å². The molecule has 0 spiro atoms. The zero-order valence-electron chi connectivity index (χ0n) is 19.9. The van der Waals surface area contributed by atoms with Crippen LogP contribution in [0.25, 0.3) is 0 Å². The highest BCUT2D eigenvalue weighted by atomic mass is 35.5. The highest BCUT2D eigenvalue weighted by molar-refractivity contribution is 6.30. The number of aromatic amines is 1. The summed E-state index contributed by atoms with van der Waals surface area (Å²) in [5.41, 5.74) is 2.76. The lowest BCUT2D eigenvalue weighted by Gasteiger charge is -2.33. The first-order valence-electron chi connectivity index (χ1n) is 11.3. The molecular formula is C26H30ClN5O2. The molecule has 4 rings (SSSR count). The fourth-order valence-electron chi connectivity index (χ4n) is 4.57. The molecule has 2 aromatic carbocycles. The van der Waals surface area contributed by atoms with Crippen molar-refractivity contribution in [2.24, 2.45) is 0 Å². The van der Waals surface area contributed by atoms with Crippen LogP contribution in [0.4, 0.5) is 5.82 Å². The first kappa shape index (κ1) is 24.0. The van der Waals surface area contributed by atoms with Gasteiger partial charge in [0.15, 0.2) is 5.82 Å². The van der Waals surface area contributed by atoms with E-state index >= 15 is 0 Å². The SMILES string of the molecule is CN(C)CC(CC(=O)N1Cc2c(NC(=O)c3ccccc3)n[nH]c2C1(C)C)c1ccc(Cl)cc1. The molecule has 0 fully saturated rings. The van der Waals surface area contributed by atoms with Crippen molar-refractivity contribution in [2.75, 3.05) is 26.0 Å².